The summed E-state index contributed by atoms with van der Waals surface area (Å²) in [5, 5.41) is 3.26. The molecule has 6 rings (SSSR count). The van der Waals surface area contributed by atoms with Crippen molar-refractivity contribution in [2.45, 2.75) is 75.8 Å². The number of methoxy groups -OCH3 is 1. The first-order chi connectivity index (χ1) is 16.3. The fraction of sp³-hybridized carbons (Fsp3) is 0.720. The number of hydrogen-bond acceptors (Lipinski definition) is 6. The number of esters is 1. The fourth-order valence-corrected chi connectivity index (χ4v) is 6.74. The molecule has 1 aromatic heterocycles. The van der Waals surface area contributed by atoms with E-state index in [0.717, 1.165) is 38.3 Å². The lowest BCUT2D eigenvalue weighted by atomic mass is 9.82. The number of fused-ring (bicyclic) bond motifs is 5. The molecule has 34 heavy (non-hydrogen) atoms. The minimum Gasteiger partial charge on any atom is -0.469 e. The molecule has 4 aliphatic carbocycles. The van der Waals surface area contributed by atoms with E-state index < -0.39 is 18.2 Å². The lowest BCUT2D eigenvalue weighted by Gasteiger charge is -2.31. The third kappa shape index (κ3) is 4.38. The van der Waals surface area contributed by atoms with Crippen LogP contribution < -0.4 is 5.32 Å². The van der Waals surface area contributed by atoms with Crippen LogP contribution in [0.1, 0.15) is 57.2 Å². The molecule has 2 bridgehead atoms. The summed E-state index contributed by atoms with van der Waals surface area (Å²) in [4.78, 5) is 23.3. The summed E-state index contributed by atoms with van der Waals surface area (Å²) in [6.07, 6.45) is 5.71. The zero-order valence-electron chi connectivity index (χ0n) is 19.7. The van der Waals surface area contributed by atoms with E-state index in [4.69, 9.17) is 4.74 Å². The van der Waals surface area contributed by atoms with Gasteiger partial charge in [0.1, 0.15) is 12.3 Å². The Morgan fingerprint density at radius 2 is 1.85 bits per heavy atom. The van der Waals surface area contributed by atoms with Gasteiger partial charge in [-0.15, -0.1) is 0 Å². The molecule has 9 heteroatoms. The van der Waals surface area contributed by atoms with Gasteiger partial charge >= 0.3 is 5.97 Å². The van der Waals surface area contributed by atoms with E-state index in [0.29, 0.717) is 17.3 Å². The van der Waals surface area contributed by atoms with Crippen molar-refractivity contribution in [3.63, 3.8) is 0 Å². The van der Waals surface area contributed by atoms with Crippen LogP contribution in [0.5, 0.6) is 0 Å². The van der Waals surface area contributed by atoms with Crippen LogP contribution in [-0.4, -0.2) is 59.4 Å². The van der Waals surface area contributed by atoms with Crippen molar-refractivity contribution >= 4 is 17.4 Å². The summed E-state index contributed by atoms with van der Waals surface area (Å²) in [7, 11) is 3.24. The molecule has 2 heterocycles. The first-order valence-corrected chi connectivity index (χ1v) is 12.4. The minimum atomic E-state index is -1.24. The first kappa shape index (κ1) is 23.4. The van der Waals surface area contributed by atoms with Crippen LogP contribution in [0.2, 0.25) is 0 Å². The second kappa shape index (κ2) is 9.38. The number of nitrogens with zero attached hydrogens (tertiary/aromatic N) is 3. The van der Waals surface area contributed by atoms with Crippen molar-refractivity contribution in [2.75, 3.05) is 19.5 Å². The monoisotopic (exact) mass is 478 g/mol. The quantitative estimate of drug-likeness (QED) is 0.642. The van der Waals surface area contributed by atoms with Crippen LogP contribution in [0.15, 0.2) is 12.4 Å². The lowest BCUT2D eigenvalue weighted by molar-refractivity contribution is -0.146. The first-order valence-electron chi connectivity index (χ1n) is 12.4. The molecule has 4 unspecified atom stereocenters. The number of rotatable bonds is 4. The topological polar surface area (TPSA) is 67.3 Å². The maximum atomic E-state index is 14.9. The van der Waals surface area contributed by atoms with E-state index in [9.17, 15) is 18.0 Å². The summed E-state index contributed by atoms with van der Waals surface area (Å²) in [5.74, 6) is -0.398. The molecule has 0 saturated heterocycles. The van der Waals surface area contributed by atoms with Crippen LogP contribution >= 0.6 is 0 Å². The normalized spacial score (nSPS) is 37.4. The molecular formula is C25H33F3N4O2. The van der Waals surface area contributed by atoms with E-state index in [-0.39, 0.29) is 60.9 Å². The van der Waals surface area contributed by atoms with Crippen LogP contribution in [0.4, 0.5) is 19.0 Å². The van der Waals surface area contributed by atoms with Gasteiger partial charge in [0.05, 0.1) is 19.2 Å². The van der Waals surface area contributed by atoms with Gasteiger partial charge in [-0.1, -0.05) is 12.8 Å². The van der Waals surface area contributed by atoms with Crippen molar-refractivity contribution in [3.05, 3.63) is 24.0 Å². The Morgan fingerprint density at radius 3 is 2.59 bits per heavy atom. The Kier molecular flexibility index (Phi) is 6.46. The van der Waals surface area contributed by atoms with Gasteiger partial charge in [0.2, 0.25) is 0 Å². The average Bonchev–Trinajstić information content (AvgIpc) is 2.99. The summed E-state index contributed by atoms with van der Waals surface area (Å²) >= 11 is 0. The highest BCUT2D eigenvalue weighted by Gasteiger charge is 2.44. The SMILES string of the molecule is COC(=O)[C@H]1CC2CCC(CC2)[C@@H]1Nc1nc(C2=CN(C)C3CC(F)CC(F)CC23)ncc1F. The third-order valence-electron chi connectivity index (χ3n) is 8.48. The zero-order chi connectivity index (χ0) is 24.0. The standard InChI is InChI=1S/C25H33F3N4O2/c1-32-12-19(17-9-15(26)8-16(27)10-21(17)32)23-29-11-20(28)24(31-23)30-22-14-5-3-13(4-6-14)7-18(22)25(33)34-2/h11-18,21-22H,3-10H2,1-2H3,(H,29,30,31)/t13?,14?,15?,16?,17?,18-,21?,22-/m0/s1. The van der Waals surface area contributed by atoms with Crippen molar-refractivity contribution in [1.82, 2.24) is 14.9 Å². The highest BCUT2D eigenvalue weighted by Crippen LogP contribution is 2.45. The molecule has 0 amide bonds. The minimum absolute atomic E-state index is 0.0510. The van der Waals surface area contributed by atoms with E-state index >= 15 is 0 Å². The molecule has 0 radical (unpaired) electrons. The lowest BCUT2D eigenvalue weighted by Crippen LogP contribution is -2.40. The number of carbonyl (C=O) groups is 1. The molecule has 1 N–H and O–H groups in total. The number of aromatic nitrogens is 2. The fourth-order valence-electron chi connectivity index (χ4n) is 6.74. The van der Waals surface area contributed by atoms with Gasteiger partial charge in [-0.3, -0.25) is 4.79 Å². The predicted octanol–water partition coefficient (Wildman–Crippen LogP) is 4.53. The van der Waals surface area contributed by atoms with E-state index in [1.807, 2.05) is 18.1 Å². The smallest absolute Gasteiger partial charge is 0.310 e. The molecular weight excluding hydrogens is 445 g/mol. The van der Waals surface area contributed by atoms with Gasteiger partial charge in [0, 0.05) is 43.2 Å². The molecule has 6 atom stereocenters. The van der Waals surface area contributed by atoms with Crippen LogP contribution in [0.25, 0.3) is 5.57 Å². The molecule has 1 aromatic rings. The zero-order valence-corrected chi connectivity index (χ0v) is 19.7. The number of nitrogens with one attached hydrogen (secondary N) is 1. The molecule has 5 aliphatic rings. The summed E-state index contributed by atoms with van der Waals surface area (Å²) in [5.41, 5.74) is 0.707. The Balaban J connectivity index is 1.44. The molecule has 0 spiro atoms. The number of ether oxygens (including phenoxy) is 1. The van der Waals surface area contributed by atoms with Gasteiger partial charge in [-0.25, -0.2) is 23.1 Å². The Hall–Kier alpha value is -2.32. The molecule has 4 saturated carbocycles. The number of halogens is 3. The van der Waals surface area contributed by atoms with Crippen molar-refractivity contribution < 1.29 is 22.7 Å². The van der Waals surface area contributed by atoms with Crippen molar-refractivity contribution in [2.24, 2.45) is 23.7 Å². The molecule has 6 nitrogen and oxygen atoms in total. The maximum absolute atomic E-state index is 14.9. The highest BCUT2D eigenvalue weighted by molar-refractivity contribution is 5.74. The Morgan fingerprint density at radius 1 is 1.12 bits per heavy atom. The van der Waals surface area contributed by atoms with Gasteiger partial charge in [0.15, 0.2) is 17.5 Å². The molecule has 1 aliphatic heterocycles. The van der Waals surface area contributed by atoms with Crippen molar-refractivity contribution in [1.29, 1.82) is 0 Å². The predicted molar refractivity (Wildman–Crippen MR) is 122 cm³/mol. The van der Waals surface area contributed by atoms with E-state index in [1.165, 1.54) is 7.11 Å². The Labute approximate surface area is 198 Å². The Bertz CT molecular complexity index is 952. The molecule has 0 aromatic carbocycles. The summed E-state index contributed by atoms with van der Waals surface area (Å²) in [6, 6.07) is -0.442. The average molecular weight is 479 g/mol. The number of hydrogen-bond donors (Lipinski definition) is 1. The van der Waals surface area contributed by atoms with Crippen LogP contribution in [0.3, 0.4) is 0 Å². The maximum Gasteiger partial charge on any atom is 0.310 e. The van der Waals surface area contributed by atoms with Crippen LogP contribution in [-0.2, 0) is 9.53 Å². The number of anilines is 1. The highest BCUT2D eigenvalue weighted by atomic mass is 19.1. The molecule has 186 valence electrons. The number of alkyl halides is 2. The van der Waals surface area contributed by atoms with Gasteiger partial charge in [-0.2, -0.15) is 0 Å². The van der Waals surface area contributed by atoms with E-state index in [1.54, 1.807) is 0 Å². The van der Waals surface area contributed by atoms with Crippen molar-refractivity contribution in [3.8, 4) is 0 Å². The largest absolute Gasteiger partial charge is 0.469 e. The van der Waals surface area contributed by atoms with Gasteiger partial charge in [-0.05, 0) is 43.9 Å². The third-order valence-corrected chi connectivity index (χ3v) is 8.48. The van der Waals surface area contributed by atoms with Gasteiger partial charge < -0.3 is 15.0 Å². The van der Waals surface area contributed by atoms with Crippen LogP contribution in [0, 0.1) is 29.5 Å². The molecule has 4 fully saturated rings. The second-order valence-corrected chi connectivity index (χ2v) is 10.5. The summed E-state index contributed by atoms with van der Waals surface area (Å²) < 4.78 is 48.7. The van der Waals surface area contributed by atoms with E-state index in [2.05, 4.69) is 15.3 Å². The van der Waals surface area contributed by atoms with Gasteiger partial charge in [0.25, 0.3) is 0 Å². The number of carbonyl (C=O) groups excluding carboxylic acids is 1. The second-order valence-electron chi connectivity index (χ2n) is 10.5. The summed E-state index contributed by atoms with van der Waals surface area (Å²) in [6.45, 7) is 0.